The molecule has 11 N–H and O–H groups in total. The molecule has 0 aromatic rings. The van der Waals surface area contributed by atoms with Crippen LogP contribution in [-0.2, 0) is 33.3 Å². The molecule has 0 saturated carbocycles. The number of carbonyl (C=O) groups excluding carboxylic acids is 2. The standard InChI is InChI=1S/C22H38N2O16/c1-6(27)23-11-16(32)13(29)8(3-25)38-21(11)36-5-10-15(31)19(18(34)20(35)37-10)40-22-12(24-7(2)28)17(33)14(30)9(4-26)39-22/h8-22,25-26,29-35H,3-5H2,1-2H3,(H,23,27)(H,24,28)/t8-,9-,10-,11-,12-,13-,14-,15+,16-,17-,18-,19+,20-,21-,22+/m1/s1. The third kappa shape index (κ3) is 7.23. The third-order valence-corrected chi connectivity index (χ3v) is 6.88. The van der Waals surface area contributed by atoms with E-state index in [0.29, 0.717) is 0 Å². The average Bonchev–Trinajstić information content (AvgIpc) is 2.90. The molecule has 3 saturated heterocycles. The van der Waals surface area contributed by atoms with E-state index in [9.17, 15) is 55.5 Å². The fourth-order valence-corrected chi connectivity index (χ4v) is 4.76. The molecule has 0 radical (unpaired) electrons. The van der Waals surface area contributed by atoms with Gasteiger partial charge in [-0.1, -0.05) is 0 Å². The summed E-state index contributed by atoms with van der Waals surface area (Å²) in [6.07, 6.45) is -21.0. The quantitative estimate of drug-likeness (QED) is 0.120. The molecule has 3 heterocycles. The molecule has 3 aliphatic heterocycles. The second-order valence-electron chi connectivity index (χ2n) is 9.85. The highest BCUT2D eigenvalue weighted by molar-refractivity contribution is 5.73. The molecule has 0 aromatic heterocycles. The van der Waals surface area contributed by atoms with Crippen LogP contribution in [-0.4, -0.2) is 170 Å². The topological polar surface area (TPSA) is 286 Å². The zero-order valence-corrected chi connectivity index (χ0v) is 21.7. The molecule has 3 rings (SSSR count). The van der Waals surface area contributed by atoms with Crippen LogP contribution in [0.4, 0.5) is 0 Å². The van der Waals surface area contributed by atoms with Crippen molar-refractivity contribution < 1.29 is 79.2 Å². The van der Waals surface area contributed by atoms with Gasteiger partial charge in [-0.15, -0.1) is 0 Å². The van der Waals surface area contributed by atoms with Crippen LogP contribution in [0.25, 0.3) is 0 Å². The van der Waals surface area contributed by atoms with Gasteiger partial charge in [-0.25, -0.2) is 0 Å². The van der Waals surface area contributed by atoms with Crippen LogP contribution >= 0.6 is 0 Å². The maximum absolute atomic E-state index is 11.7. The van der Waals surface area contributed by atoms with E-state index in [1.165, 1.54) is 0 Å². The van der Waals surface area contributed by atoms with Gasteiger partial charge in [0.1, 0.15) is 73.1 Å². The van der Waals surface area contributed by atoms with Crippen LogP contribution in [0.5, 0.6) is 0 Å². The Morgan fingerprint density at radius 1 is 0.650 bits per heavy atom. The van der Waals surface area contributed by atoms with Crippen molar-refractivity contribution in [1.82, 2.24) is 10.6 Å². The van der Waals surface area contributed by atoms with Crippen molar-refractivity contribution in [3.8, 4) is 0 Å². The lowest BCUT2D eigenvalue weighted by molar-refractivity contribution is -0.348. The number of aliphatic hydroxyl groups is 9. The van der Waals surface area contributed by atoms with E-state index in [0.717, 1.165) is 13.8 Å². The van der Waals surface area contributed by atoms with Crippen molar-refractivity contribution in [2.24, 2.45) is 0 Å². The molecule has 3 fully saturated rings. The number of rotatable bonds is 9. The number of amides is 2. The zero-order valence-electron chi connectivity index (χ0n) is 21.7. The van der Waals surface area contributed by atoms with Crippen LogP contribution < -0.4 is 10.6 Å². The van der Waals surface area contributed by atoms with Crippen molar-refractivity contribution >= 4 is 11.8 Å². The fourth-order valence-electron chi connectivity index (χ4n) is 4.76. The number of carbonyl (C=O) groups is 2. The number of aliphatic hydroxyl groups excluding tert-OH is 9. The Bertz CT molecular complexity index is 854. The largest absolute Gasteiger partial charge is 0.394 e. The van der Waals surface area contributed by atoms with Crippen LogP contribution in [0.3, 0.4) is 0 Å². The number of hydrogen-bond acceptors (Lipinski definition) is 16. The molecule has 40 heavy (non-hydrogen) atoms. The Kier molecular flexibility index (Phi) is 11.5. The van der Waals surface area contributed by atoms with E-state index in [1.54, 1.807) is 0 Å². The molecule has 3 aliphatic rings. The van der Waals surface area contributed by atoms with Gasteiger partial charge < -0.3 is 80.3 Å². The molecule has 2 amide bonds. The predicted molar refractivity (Wildman–Crippen MR) is 124 cm³/mol. The minimum atomic E-state index is -1.95. The Labute approximate surface area is 228 Å². The molecular formula is C22H38N2O16. The maximum Gasteiger partial charge on any atom is 0.217 e. The van der Waals surface area contributed by atoms with Gasteiger partial charge >= 0.3 is 0 Å². The lowest BCUT2D eigenvalue weighted by Crippen LogP contribution is -2.68. The van der Waals surface area contributed by atoms with Crippen molar-refractivity contribution in [3.05, 3.63) is 0 Å². The summed E-state index contributed by atoms with van der Waals surface area (Å²) < 4.78 is 27.3. The number of nitrogens with one attached hydrogen (secondary N) is 2. The summed E-state index contributed by atoms with van der Waals surface area (Å²) in [5, 5.41) is 96.5. The summed E-state index contributed by atoms with van der Waals surface area (Å²) in [6, 6.07) is -2.72. The van der Waals surface area contributed by atoms with Crippen LogP contribution in [0.2, 0.25) is 0 Å². The third-order valence-electron chi connectivity index (χ3n) is 6.88. The average molecular weight is 587 g/mol. The second-order valence-corrected chi connectivity index (χ2v) is 9.85. The van der Waals surface area contributed by atoms with E-state index in [1.807, 2.05) is 0 Å². The molecule has 0 bridgehead atoms. The molecule has 18 heteroatoms. The van der Waals surface area contributed by atoms with Gasteiger partial charge in [0, 0.05) is 13.8 Å². The SMILES string of the molecule is CC(=O)N[C@H]1[C@H](OC[C@H]2O[C@@H](O)[C@H](O)[C@@H](O[C@@H]3O[C@H](CO)[C@@H](O)[C@H](O)[C@H]3NC(C)=O)[C@H]2O)O[C@H](CO)[C@@H](O)[C@@H]1O. The smallest absolute Gasteiger partial charge is 0.217 e. The number of ether oxygens (including phenoxy) is 5. The first-order valence-corrected chi connectivity index (χ1v) is 12.6. The van der Waals surface area contributed by atoms with Crippen molar-refractivity contribution in [3.63, 3.8) is 0 Å². The summed E-state index contributed by atoms with van der Waals surface area (Å²) in [6.45, 7) is 0.187. The summed E-state index contributed by atoms with van der Waals surface area (Å²) in [7, 11) is 0. The lowest BCUT2D eigenvalue weighted by atomic mass is 9.95. The van der Waals surface area contributed by atoms with Crippen LogP contribution in [0.1, 0.15) is 13.8 Å². The molecule has 0 aromatic carbocycles. The highest BCUT2D eigenvalue weighted by Crippen LogP contribution is 2.30. The minimum absolute atomic E-state index is 0.603. The van der Waals surface area contributed by atoms with Crippen molar-refractivity contribution in [2.45, 2.75) is 106 Å². The Morgan fingerprint density at radius 2 is 1.12 bits per heavy atom. The summed E-state index contributed by atoms with van der Waals surface area (Å²) in [5.74, 6) is -1.25. The van der Waals surface area contributed by atoms with Gasteiger partial charge in [0.25, 0.3) is 0 Å². The van der Waals surface area contributed by atoms with Crippen molar-refractivity contribution in [2.75, 3.05) is 19.8 Å². The minimum Gasteiger partial charge on any atom is -0.394 e. The highest BCUT2D eigenvalue weighted by atomic mass is 16.7. The molecule has 18 nitrogen and oxygen atoms in total. The molecule has 232 valence electrons. The van der Waals surface area contributed by atoms with Gasteiger partial charge in [0.15, 0.2) is 18.9 Å². The monoisotopic (exact) mass is 586 g/mol. The Balaban J connectivity index is 1.75. The Morgan fingerprint density at radius 3 is 1.60 bits per heavy atom. The first-order valence-electron chi connectivity index (χ1n) is 12.6. The maximum atomic E-state index is 11.7. The number of hydrogen-bond donors (Lipinski definition) is 11. The van der Waals surface area contributed by atoms with E-state index in [-0.39, 0.29) is 0 Å². The molecule has 0 spiro atoms. The first-order chi connectivity index (χ1) is 18.8. The Hall–Kier alpha value is -1.62. The normalized spacial score (nSPS) is 46.0. The van der Waals surface area contributed by atoms with E-state index in [4.69, 9.17) is 23.7 Å². The molecule has 0 unspecified atom stereocenters. The zero-order chi connectivity index (χ0) is 29.9. The lowest BCUT2D eigenvalue weighted by Gasteiger charge is -2.47. The van der Waals surface area contributed by atoms with Crippen LogP contribution in [0.15, 0.2) is 0 Å². The second kappa shape index (κ2) is 14.0. The summed E-state index contributed by atoms with van der Waals surface area (Å²) in [4.78, 5) is 23.3. The summed E-state index contributed by atoms with van der Waals surface area (Å²) >= 11 is 0. The summed E-state index contributed by atoms with van der Waals surface area (Å²) in [5.41, 5.74) is 0. The first kappa shape index (κ1) is 32.9. The van der Waals surface area contributed by atoms with Crippen LogP contribution in [0, 0.1) is 0 Å². The van der Waals surface area contributed by atoms with E-state index < -0.39 is 124 Å². The van der Waals surface area contributed by atoms with E-state index in [2.05, 4.69) is 10.6 Å². The molecule has 15 atom stereocenters. The molecular weight excluding hydrogens is 548 g/mol. The van der Waals surface area contributed by atoms with Gasteiger partial charge in [0.2, 0.25) is 11.8 Å². The predicted octanol–water partition coefficient (Wildman–Crippen LogP) is -7.29. The van der Waals surface area contributed by atoms with E-state index >= 15 is 0 Å². The van der Waals surface area contributed by atoms with Gasteiger partial charge in [0.05, 0.1) is 19.8 Å². The van der Waals surface area contributed by atoms with Gasteiger partial charge in [-0.05, 0) is 0 Å². The van der Waals surface area contributed by atoms with Gasteiger partial charge in [-0.2, -0.15) is 0 Å². The van der Waals surface area contributed by atoms with Gasteiger partial charge in [-0.3, -0.25) is 9.59 Å². The molecule has 0 aliphatic carbocycles. The van der Waals surface area contributed by atoms with Crippen molar-refractivity contribution in [1.29, 1.82) is 0 Å². The highest BCUT2D eigenvalue weighted by Gasteiger charge is 2.52. The fraction of sp³-hybridized carbons (Fsp3) is 0.909.